The average molecular weight is 335 g/mol. The van der Waals surface area contributed by atoms with Gasteiger partial charge in [0.1, 0.15) is 0 Å². The average Bonchev–Trinajstić information content (AvgIpc) is 3.05. The van der Waals surface area contributed by atoms with E-state index in [1.807, 2.05) is 6.20 Å². The number of nitrogens with zero attached hydrogens (tertiary/aromatic N) is 2. The van der Waals surface area contributed by atoms with Crippen molar-refractivity contribution in [2.75, 3.05) is 32.8 Å². The Bertz CT molecular complexity index is 508. The molecule has 1 aromatic rings. The van der Waals surface area contributed by atoms with Gasteiger partial charge in [0.05, 0.1) is 19.4 Å². The molecule has 1 saturated carbocycles. The van der Waals surface area contributed by atoms with Crippen LogP contribution < -0.4 is 5.32 Å². The third-order valence-electron chi connectivity index (χ3n) is 5.70. The topological polar surface area (TPSA) is 53.2 Å². The maximum absolute atomic E-state index is 5.58. The molecule has 1 saturated heterocycles. The van der Waals surface area contributed by atoms with E-state index in [1.54, 1.807) is 0 Å². The SMILES string of the molecule is CC(C)(C)c1[nH]ncc1CNCC1(N2CCOCC2)CCCCC1. The van der Waals surface area contributed by atoms with Crippen LogP contribution in [0.5, 0.6) is 0 Å². The van der Waals surface area contributed by atoms with Crippen LogP contribution in [-0.2, 0) is 16.7 Å². The van der Waals surface area contributed by atoms with Crippen LogP contribution in [0.3, 0.4) is 0 Å². The molecule has 2 N–H and O–H groups in total. The van der Waals surface area contributed by atoms with Crippen molar-refractivity contribution in [3.05, 3.63) is 17.5 Å². The fraction of sp³-hybridized carbons (Fsp3) is 0.842. The van der Waals surface area contributed by atoms with Crippen molar-refractivity contribution in [2.24, 2.45) is 0 Å². The molecule has 0 bridgehead atoms. The summed E-state index contributed by atoms with van der Waals surface area (Å²) in [6.07, 6.45) is 8.73. The van der Waals surface area contributed by atoms with Gasteiger partial charge < -0.3 is 10.1 Å². The van der Waals surface area contributed by atoms with E-state index in [9.17, 15) is 0 Å². The van der Waals surface area contributed by atoms with Crippen molar-refractivity contribution in [2.45, 2.75) is 70.4 Å². The summed E-state index contributed by atoms with van der Waals surface area (Å²) in [6, 6.07) is 0. The molecular formula is C19H34N4O. The molecule has 2 aliphatic rings. The number of H-pyrrole nitrogens is 1. The van der Waals surface area contributed by atoms with Gasteiger partial charge in [-0.05, 0) is 12.8 Å². The van der Waals surface area contributed by atoms with E-state index in [-0.39, 0.29) is 5.41 Å². The lowest BCUT2D eigenvalue weighted by Crippen LogP contribution is -2.59. The van der Waals surface area contributed by atoms with Crippen LogP contribution in [0.1, 0.15) is 64.1 Å². The number of hydrogen-bond donors (Lipinski definition) is 2. The first-order chi connectivity index (χ1) is 11.5. The third kappa shape index (κ3) is 4.01. The van der Waals surface area contributed by atoms with Crippen LogP contribution in [0.25, 0.3) is 0 Å². The van der Waals surface area contributed by atoms with E-state index in [2.05, 4.69) is 41.2 Å². The highest BCUT2D eigenvalue weighted by atomic mass is 16.5. The molecule has 1 aliphatic heterocycles. The van der Waals surface area contributed by atoms with Gasteiger partial charge in [-0.3, -0.25) is 10.00 Å². The molecular weight excluding hydrogens is 300 g/mol. The lowest BCUT2D eigenvalue weighted by molar-refractivity contribution is -0.0369. The fourth-order valence-corrected chi connectivity index (χ4v) is 4.38. The highest BCUT2D eigenvalue weighted by Crippen LogP contribution is 2.34. The van der Waals surface area contributed by atoms with E-state index < -0.39 is 0 Å². The maximum Gasteiger partial charge on any atom is 0.0594 e. The molecule has 0 atom stereocenters. The molecule has 0 aromatic carbocycles. The monoisotopic (exact) mass is 334 g/mol. The molecule has 5 nitrogen and oxygen atoms in total. The molecule has 1 aromatic heterocycles. The number of hydrogen-bond acceptors (Lipinski definition) is 4. The Balaban J connectivity index is 1.63. The first-order valence-electron chi connectivity index (χ1n) is 9.58. The molecule has 0 amide bonds. The molecule has 24 heavy (non-hydrogen) atoms. The first-order valence-corrected chi connectivity index (χ1v) is 9.58. The van der Waals surface area contributed by atoms with Crippen molar-refractivity contribution in [3.8, 4) is 0 Å². The minimum atomic E-state index is 0.111. The molecule has 1 aliphatic carbocycles. The van der Waals surface area contributed by atoms with E-state index in [1.165, 1.54) is 43.4 Å². The summed E-state index contributed by atoms with van der Waals surface area (Å²) in [6.45, 7) is 12.6. The van der Waals surface area contributed by atoms with E-state index >= 15 is 0 Å². The molecule has 5 heteroatoms. The van der Waals surface area contributed by atoms with Gasteiger partial charge in [0, 0.05) is 48.4 Å². The lowest BCUT2D eigenvalue weighted by atomic mass is 9.79. The molecule has 2 fully saturated rings. The number of aromatic amines is 1. The number of rotatable bonds is 5. The van der Waals surface area contributed by atoms with Gasteiger partial charge >= 0.3 is 0 Å². The standard InChI is InChI=1S/C19H34N4O/c1-18(2,3)17-16(14-21-22-17)13-20-15-19(7-5-4-6-8-19)23-9-11-24-12-10-23/h14,20H,4-13,15H2,1-3H3,(H,21,22). The van der Waals surface area contributed by atoms with Crippen LogP contribution in [0, 0.1) is 0 Å². The van der Waals surface area contributed by atoms with Crippen LogP contribution in [0.2, 0.25) is 0 Å². The van der Waals surface area contributed by atoms with E-state index in [0.717, 1.165) is 39.4 Å². The molecule has 0 spiro atoms. The summed E-state index contributed by atoms with van der Waals surface area (Å²) < 4.78 is 5.58. The number of nitrogens with one attached hydrogen (secondary N) is 2. The van der Waals surface area contributed by atoms with Gasteiger partial charge in [0.15, 0.2) is 0 Å². The predicted molar refractivity (Wildman–Crippen MR) is 97.2 cm³/mol. The second-order valence-electron chi connectivity index (χ2n) is 8.51. The Labute approximate surface area is 146 Å². The van der Waals surface area contributed by atoms with Gasteiger partial charge in [-0.1, -0.05) is 40.0 Å². The van der Waals surface area contributed by atoms with Gasteiger partial charge in [-0.25, -0.2) is 0 Å². The molecule has 0 unspecified atom stereocenters. The molecule has 2 heterocycles. The minimum absolute atomic E-state index is 0.111. The van der Waals surface area contributed by atoms with Crippen molar-refractivity contribution in [3.63, 3.8) is 0 Å². The minimum Gasteiger partial charge on any atom is -0.379 e. The van der Waals surface area contributed by atoms with Gasteiger partial charge in [0.2, 0.25) is 0 Å². The maximum atomic E-state index is 5.58. The Morgan fingerprint density at radius 2 is 1.92 bits per heavy atom. The van der Waals surface area contributed by atoms with E-state index in [4.69, 9.17) is 4.74 Å². The Morgan fingerprint density at radius 1 is 1.21 bits per heavy atom. The summed E-state index contributed by atoms with van der Waals surface area (Å²) in [5, 5.41) is 11.2. The van der Waals surface area contributed by atoms with Gasteiger partial charge in [-0.2, -0.15) is 5.10 Å². The summed E-state index contributed by atoms with van der Waals surface area (Å²) in [7, 11) is 0. The van der Waals surface area contributed by atoms with Crippen molar-refractivity contribution < 1.29 is 4.74 Å². The first kappa shape index (κ1) is 17.9. The molecule has 136 valence electrons. The second-order valence-corrected chi connectivity index (χ2v) is 8.51. The van der Waals surface area contributed by atoms with Crippen LogP contribution in [-0.4, -0.2) is 53.5 Å². The zero-order valence-corrected chi connectivity index (χ0v) is 15.7. The smallest absolute Gasteiger partial charge is 0.0594 e. The summed E-state index contributed by atoms with van der Waals surface area (Å²) >= 11 is 0. The summed E-state index contributed by atoms with van der Waals surface area (Å²) in [5.74, 6) is 0. The van der Waals surface area contributed by atoms with Crippen molar-refractivity contribution in [1.82, 2.24) is 20.4 Å². The zero-order chi connectivity index (χ0) is 17.0. The molecule has 3 rings (SSSR count). The molecule has 0 radical (unpaired) electrons. The largest absolute Gasteiger partial charge is 0.379 e. The second kappa shape index (κ2) is 7.54. The van der Waals surface area contributed by atoms with Crippen LogP contribution in [0.4, 0.5) is 0 Å². The quantitative estimate of drug-likeness (QED) is 0.869. The highest BCUT2D eigenvalue weighted by molar-refractivity contribution is 5.23. The van der Waals surface area contributed by atoms with Crippen molar-refractivity contribution in [1.29, 1.82) is 0 Å². The fourth-order valence-electron chi connectivity index (χ4n) is 4.38. The Kier molecular flexibility index (Phi) is 5.63. The number of morpholine rings is 1. The van der Waals surface area contributed by atoms with Crippen LogP contribution >= 0.6 is 0 Å². The van der Waals surface area contributed by atoms with Gasteiger partial charge in [-0.15, -0.1) is 0 Å². The predicted octanol–water partition coefficient (Wildman–Crippen LogP) is 2.83. The number of ether oxygens (including phenoxy) is 1. The summed E-state index contributed by atoms with van der Waals surface area (Å²) in [4.78, 5) is 2.70. The third-order valence-corrected chi connectivity index (χ3v) is 5.70. The van der Waals surface area contributed by atoms with Crippen molar-refractivity contribution >= 4 is 0 Å². The lowest BCUT2D eigenvalue weighted by Gasteiger charge is -2.48. The van der Waals surface area contributed by atoms with Gasteiger partial charge in [0.25, 0.3) is 0 Å². The normalized spacial score (nSPS) is 22.6. The van der Waals surface area contributed by atoms with E-state index in [0.29, 0.717) is 5.54 Å². The Morgan fingerprint density at radius 3 is 2.58 bits per heavy atom. The zero-order valence-electron chi connectivity index (χ0n) is 15.7. The number of aromatic nitrogens is 2. The summed E-state index contributed by atoms with van der Waals surface area (Å²) in [5.41, 5.74) is 2.99. The highest BCUT2D eigenvalue weighted by Gasteiger charge is 2.38. The Hall–Kier alpha value is -0.910. The van der Waals surface area contributed by atoms with Crippen LogP contribution in [0.15, 0.2) is 6.20 Å².